The maximum atomic E-state index is 11.7. The molecule has 0 aliphatic heterocycles. The number of nitrogens with zero attached hydrogens (tertiary/aromatic N) is 1. The standard InChI is InChI=1S/C14H16N2O2/c17-13-9-5-4-8-12(13)14(18)16-15-10-11-6-2-1-3-7-11/h1-2,4-5,8-11,17H,3,6-7H2,(H,16,18)/b15-10-/t11-/m0/s1. The fourth-order valence-corrected chi connectivity index (χ4v) is 1.88. The van der Waals surface area contributed by atoms with Crippen LogP contribution in [0, 0.1) is 5.92 Å². The summed E-state index contributed by atoms with van der Waals surface area (Å²) in [6, 6.07) is 6.40. The molecule has 1 aliphatic rings. The molecule has 1 aromatic carbocycles. The summed E-state index contributed by atoms with van der Waals surface area (Å²) in [5.74, 6) is -0.0406. The first-order chi connectivity index (χ1) is 8.77. The van der Waals surface area contributed by atoms with Crippen molar-refractivity contribution in [1.29, 1.82) is 0 Å². The Morgan fingerprint density at radius 3 is 2.94 bits per heavy atom. The fraction of sp³-hybridized carbons (Fsp3) is 0.286. The normalized spacial score (nSPS) is 19.0. The molecule has 0 spiro atoms. The summed E-state index contributed by atoms with van der Waals surface area (Å²) < 4.78 is 0. The average Bonchev–Trinajstić information content (AvgIpc) is 2.40. The molecule has 0 saturated heterocycles. The van der Waals surface area contributed by atoms with Crippen LogP contribution in [0.15, 0.2) is 41.5 Å². The first kappa shape index (κ1) is 12.4. The van der Waals surface area contributed by atoms with Gasteiger partial charge in [-0.05, 0) is 37.3 Å². The van der Waals surface area contributed by atoms with Gasteiger partial charge in [0.05, 0.1) is 5.56 Å². The summed E-state index contributed by atoms with van der Waals surface area (Å²) in [6.45, 7) is 0. The zero-order chi connectivity index (χ0) is 12.8. The topological polar surface area (TPSA) is 61.7 Å². The van der Waals surface area contributed by atoms with Gasteiger partial charge >= 0.3 is 0 Å². The van der Waals surface area contributed by atoms with Gasteiger partial charge in [-0.25, -0.2) is 5.43 Å². The highest BCUT2D eigenvalue weighted by Gasteiger charge is 2.10. The Labute approximate surface area is 106 Å². The predicted octanol–water partition coefficient (Wildman–Crippen LogP) is 2.46. The van der Waals surface area contributed by atoms with Crippen LogP contribution in [0.3, 0.4) is 0 Å². The van der Waals surface area contributed by atoms with Crippen molar-refractivity contribution < 1.29 is 9.90 Å². The van der Waals surface area contributed by atoms with E-state index in [0.717, 1.165) is 19.3 Å². The van der Waals surface area contributed by atoms with Crippen molar-refractivity contribution in [2.45, 2.75) is 19.3 Å². The molecule has 4 nitrogen and oxygen atoms in total. The lowest BCUT2D eigenvalue weighted by Gasteiger charge is -2.11. The monoisotopic (exact) mass is 244 g/mol. The highest BCUT2D eigenvalue weighted by Crippen LogP contribution is 2.16. The number of para-hydroxylation sites is 1. The molecule has 0 unspecified atom stereocenters. The van der Waals surface area contributed by atoms with Gasteiger partial charge in [-0.15, -0.1) is 0 Å². The summed E-state index contributed by atoms with van der Waals surface area (Å²) >= 11 is 0. The molecule has 1 amide bonds. The van der Waals surface area contributed by atoms with Gasteiger partial charge in [0, 0.05) is 6.21 Å². The van der Waals surface area contributed by atoms with E-state index >= 15 is 0 Å². The number of phenolic OH excluding ortho intramolecular Hbond substituents is 1. The second-order valence-electron chi connectivity index (χ2n) is 4.28. The minimum absolute atomic E-state index is 0.0363. The van der Waals surface area contributed by atoms with Gasteiger partial charge in [0.1, 0.15) is 5.75 Å². The van der Waals surface area contributed by atoms with Crippen LogP contribution in [0.1, 0.15) is 29.6 Å². The van der Waals surface area contributed by atoms with Crippen molar-refractivity contribution in [2.24, 2.45) is 11.0 Å². The minimum atomic E-state index is -0.393. The first-order valence-electron chi connectivity index (χ1n) is 6.04. The van der Waals surface area contributed by atoms with Gasteiger partial charge in [-0.3, -0.25) is 4.79 Å². The van der Waals surface area contributed by atoms with Crippen LogP contribution in [-0.4, -0.2) is 17.2 Å². The summed E-state index contributed by atoms with van der Waals surface area (Å²) in [5.41, 5.74) is 2.67. The van der Waals surface area contributed by atoms with E-state index in [2.05, 4.69) is 22.7 Å². The maximum Gasteiger partial charge on any atom is 0.275 e. The van der Waals surface area contributed by atoms with E-state index in [1.165, 1.54) is 6.07 Å². The summed E-state index contributed by atoms with van der Waals surface area (Å²) in [4.78, 5) is 11.7. The number of carbonyl (C=O) groups excluding carboxylic acids is 1. The van der Waals surface area contributed by atoms with Gasteiger partial charge in [0.25, 0.3) is 5.91 Å². The van der Waals surface area contributed by atoms with Crippen LogP contribution >= 0.6 is 0 Å². The number of aromatic hydroxyl groups is 1. The molecule has 94 valence electrons. The van der Waals surface area contributed by atoms with Crippen molar-refractivity contribution in [1.82, 2.24) is 5.43 Å². The third kappa shape index (κ3) is 3.20. The molecule has 1 aromatic rings. The van der Waals surface area contributed by atoms with E-state index in [4.69, 9.17) is 0 Å². The molecule has 18 heavy (non-hydrogen) atoms. The quantitative estimate of drug-likeness (QED) is 0.487. The molecule has 0 fully saturated rings. The number of hydrogen-bond donors (Lipinski definition) is 2. The van der Waals surface area contributed by atoms with E-state index in [9.17, 15) is 9.90 Å². The molecule has 0 heterocycles. The minimum Gasteiger partial charge on any atom is -0.507 e. The Morgan fingerprint density at radius 2 is 2.22 bits per heavy atom. The number of benzene rings is 1. The predicted molar refractivity (Wildman–Crippen MR) is 70.5 cm³/mol. The van der Waals surface area contributed by atoms with E-state index in [-0.39, 0.29) is 11.3 Å². The summed E-state index contributed by atoms with van der Waals surface area (Å²) in [7, 11) is 0. The van der Waals surface area contributed by atoms with Gasteiger partial charge < -0.3 is 5.11 Å². The van der Waals surface area contributed by atoms with Crippen molar-refractivity contribution in [3.8, 4) is 5.75 Å². The lowest BCUT2D eigenvalue weighted by Crippen LogP contribution is -2.18. The Morgan fingerprint density at radius 1 is 1.39 bits per heavy atom. The third-order valence-corrected chi connectivity index (χ3v) is 2.91. The Bertz CT molecular complexity index is 480. The number of allylic oxidation sites excluding steroid dienone is 2. The second kappa shape index (κ2) is 6.00. The van der Waals surface area contributed by atoms with Gasteiger partial charge in [0.15, 0.2) is 0 Å². The smallest absolute Gasteiger partial charge is 0.275 e. The summed E-state index contributed by atoms with van der Waals surface area (Å²) in [5, 5.41) is 13.5. The van der Waals surface area contributed by atoms with Gasteiger partial charge in [-0.1, -0.05) is 24.3 Å². The molecule has 0 bridgehead atoms. The Kier molecular flexibility index (Phi) is 4.12. The molecule has 0 radical (unpaired) electrons. The van der Waals surface area contributed by atoms with Crippen molar-refractivity contribution in [3.63, 3.8) is 0 Å². The van der Waals surface area contributed by atoms with E-state index in [0.29, 0.717) is 5.92 Å². The van der Waals surface area contributed by atoms with Crippen LogP contribution in [-0.2, 0) is 0 Å². The number of hydrazone groups is 1. The first-order valence-corrected chi connectivity index (χ1v) is 6.04. The highest BCUT2D eigenvalue weighted by atomic mass is 16.3. The molecule has 1 aliphatic carbocycles. The van der Waals surface area contributed by atoms with Crippen molar-refractivity contribution >= 4 is 12.1 Å². The molecular formula is C14H16N2O2. The van der Waals surface area contributed by atoms with Crippen LogP contribution < -0.4 is 5.43 Å². The summed E-state index contributed by atoms with van der Waals surface area (Å²) in [6.07, 6.45) is 9.14. The Hall–Kier alpha value is -2.10. The largest absolute Gasteiger partial charge is 0.507 e. The fourth-order valence-electron chi connectivity index (χ4n) is 1.88. The van der Waals surface area contributed by atoms with Gasteiger partial charge in [-0.2, -0.15) is 5.10 Å². The zero-order valence-electron chi connectivity index (χ0n) is 10.0. The lowest BCUT2D eigenvalue weighted by molar-refractivity contribution is 0.0952. The number of carbonyl (C=O) groups is 1. The Balaban J connectivity index is 1.90. The third-order valence-electron chi connectivity index (χ3n) is 2.91. The molecule has 1 atom stereocenters. The molecule has 2 rings (SSSR count). The van der Waals surface area contributed by atoms with Crippen LogP contribution in [0.25, 0.3) is 0 Å². The second-order valence-corrected chi connectivity index (χ2v) is 4.28. The van der Waals surface area contributed by atoms with E-state index in [1.807, 2.05) is 0 Å². The number of rotatable bonds is 3. The highest BCUT2D eigenvalue weighted by molar-refractivity contribution is 5.96. The van der Waals surface area contributed by atoms with E-state index < -0.39 is 5.91 Å². The molecule has 0 saturated carbocycles. The molecule has 4 heteroatoms. The van der Waals surface area contributed by atoms with Crippen molar-refractivity contribution in [2.75, 3.05) is 0 Å². The number of hydrogen-bond acceptors (Lipinski definition) is 3. The average molecular weight is 244 g/mol. The molecule has 2 N–H and O–H groups in total. The van der Waals surface area contributed by atoms with Crippen LogP contribution in [0.5, 0.6) is 5.75 Å². The molecular weight excluding hydrogens is 228 g/mol. The van der Waals surface area contributed by atoms with Gasteiger partial charge in [0.2, 0.25) is 0 Å². The number of nitrogens with one attached hydrogen (secondary N) is 1. The maximum absolute atomic E-state index is 11.7. The SMILES string of the molecule is O=C(N/N=C\[C@H]1CC=CCC1)c1ccccc1O. The van der Waals surface area contributed by atoms with E-state index in [1.54, 1.807) is 24.4 Å². The van der Waals surface area contributed by atoms with Crippen LogP contribution in [0.2, 0.25) is 0 Å². The van der Waals surface area contributed by atoms with Crippen molar-refractivity contribution in [3.05, 3.63) is 42.0 Å². The molecule has 0 aromatic heterocycles. The zero-order valence-corrected chi connectivity index (χ0v) is 10.0. The van der Waals surface area contributed by atoms with Crippen LogP contribution in [0.4, 0.5) is 0 Å². The number of amides is 1. The number of phenols is 1. The lowest BCUT2D eigenvalue weighted by atomic mass is 9.96.